The van der Waals surface area contributed by atoms with E-state index in [0.717, 1.165) is 5.75 Å². The summed E-state index contributed by atoms with van der Waals surface area (Å²) in [6, 6.07) is 7.57. The van der Waals surface area contributed by atoms with Gasteiger partial charge in [-0.25, -0.2) is 0 Å². The average molecular weight is 296 g/mol. The molecule has 1 aromatic carbocycles. The zero-order chi connectivity index (χ0) is 15.2. The molecule has 4 nitrogen and oxygen atoms in total. The number of amides is 1. The largest absolute Gasteiger partial charge is 0.387 e. The molecule has 0 aliphatic rings. The van der Waals surface area contributed by atoms with Crippen molar-refractivity contribution in [3.05, 3.63) is 35.4 Å². The van der Waals surface area contributed by atoms with Gasteiger partial charge in [-0.15, -0.1) is 0 Å². The lowest BCUT2D eigenvalue weighted by molar-refractivity contribution is 0.0326. The highest BCUT2D eigenvalue weighted by Gasteiger charge is 2.22. The second kappa shape index (κ2) is 7.67. The zero-order valence-electron chi connectivity index (χ0n) is 12.6. The second-order valence-electron chi connectivity index (χ2n) is 5.55. The van der Waals surface area contributed by atoms with E-state index in [-0.39, 0.29) is 12.5 Å². The van der Waals surface area contributed by atoms with Crippen molar-refractivity contribution >= 4 is 17.7 Å². The fourth-order valence-electron chi connectivity index (χ4n) is 2.03. The van der Waals surface area contributed by atoms with Crippen LogP contribution in [-0.4, -0.2) is 55.0 Å². The Morgan fingerprint density at radius 3 is 2.45 bits per heavy atom. The molecule has 2 N–H and O–H groups in total. The summed E-state index contributed by atoms with van der Waals surface area (Å²) in [4.78, 5) is 13.9. The van der Waals surface area contributed by atoms with Crippen molar-refractivity contribution in [3.63, 3.8) is 0 Å². The highest BCUT2D eigenvalue weighted by Crippen LogP contribution is 2.11. The van der Waals surface area contributed by atoms with Crippen LogP contribution in [0.3, 0.4) is 0 Å². The molecule has 0 saturated heterocycles. The fraction of sp³-hybridized carbons (Fsp3) is 0.533. The summed E-state index contributed by atoms with van der Waals surface area (Å²) in [5, 5.41) is 12.9. The predicted octanol–water partition coefficient (Wildman–Crippen LogP) is 1.59. The van der Waals surface area contributed by atoms with Crippen molar-refractivity contribution in [2.24, 2.45) is 0 Å². The molecule has 0 aromatic heterocycles. The van der Waals surface area contributed by atoms with Gasteiger partial charge in [0.1, 0.15) is 0 Å². The van der Waals surface area contributed by atoms with Crippen LogP contribution in [0.1, 0.15) is 22.8 Å². The molecule has 1 aromatic rings. The van der Waals surface area contributed by atoms with E-state index in [9.17, 15) is 9.90 Å². The lowest BCUT2D eigenvalue weighted by Gasteiger charge is -2.27. The average Bonchev–Trinajstić information content (AvgIpc) is 2.36. The Balaban J connectivity index is 2.54. The van der Waals surface area contributed by atoms with Crippen molar-refractivity contribution < 1.29 is 9.90 Å². The van der Waals surface area contributed by atoms with Crippen molar-refractivity contribution in [1.82, 2.24) is 10.2 Å². The third kappa shape index (κ3) is 5.94. The number of nitrogens with zero attached hydrogens (tertiary/aromatic N) is 1. The summed E-state index contributed by atoms with van der Waals surface area (Å²) < 4.78 is 0. The van der Waals surface area contributed by atoms with Crippen LogP contribution in [0.4, 0.5) is 0 Å². The Kier molecular flexibility index (Phi) is 6.52. The van der Waals surface area contributed by atoms with Crippen LogP contribution in [0.5, 0.6) is 0 Å². The first-order valence-electron chi connectivity index (χ1n) is 6.57. The van der Waals surface area contributed by atoms with Crippen molar-refractivity contribution in [2.45, 2.75) is 18.3 Å². The molecular formula is C15H24N2O2S. The van der Waals surface area contributed by atoms with Gasteiger partial charge in [-0.2, -0.15) is 11.8 Å². The molecule has 1 atom stereocenters. The van der Waals surface area contributed by atoms with Gasteiger partial charge in [0.2, 0.25) is 0 Å². The van der Waals surface area contributed by atoms with Gasteiger partial charge in [-0.3, -0.25) is 4.79 Å². The molecule has 112 valence electrons. The Labute approximate surface area is 125 Å². The molecule has 0 bridgehead atoms. The summed E-state index contributed by atoms with van der Waals surface area (Å²) in [5.74, 6) is 0.791. The smallest absolute Gasteiger partial charge is 0.251 e. The maximum atomic E-state index is 12.0. The number of carbonyl (C=O) groups excluding carboxylic acids is 1. The normalized spacial score (nSPS) is 14.1. The number of carbonyl (C=O) groups is 1. The van der Waals surface area contributed by atoms with E-state index in [2.05, 4.69) is 5.32 Å². The van der Waals surface area contributed by atoms with E-state index in [4.69, 9.17) is 0 Å². The minimum absolute atomic E-state index is 0.153. The topological polar surface area (TPSA) is 52.6 Å². The summed E-state index contributed by atoms with van der Waals surface area (Å²) in [5.41, 5.74) is 0.891. The standard InChI is InChI=1S/C15H24N2O2S/c1-15(19,11-17(2)3)10-16-14(18)13-7-5-12(6-8-13)9-20-4/h5-8,19H,9-11H2,1-4H3,(H,16,18). The van der Waals surface area contributed by atoms with Crippen LogP contribution >= 0.6 is 11.8 Å². The van der Waals surface area contributed by atoms with Gasteiger partial charge in [-0.1, -0.05) is 12.1 Å². The molecule has 1 rings (SSSR count). The van der Waals surface area contributed by atoms with Crippen LogP contribution in [0, 0.1) is 0 Å². The van der Waals surface area contributed by atoms with E-state index < -0.39 is 5.60 Å². The second-order valence-corrected chi connectivity index (χ2v) is 6.41. The van der Waals surface area contributed by atoms with Crippen LogP contribution < -0.4 is 5.32 Å². The number of hydrogen-bond donors (Lipinski definition) is 2. The Morgan fingerprint density at radius 1 is 1.35 bits per heavy atom. The number of likely N-dealkylation sites (N-methyl/N-ethyl adjacent to an activating group) is 1. The summed E-state index contributed by atoms with van der Waals surface area (Å²) in [6.07, 6.45) is 2.05. The van der Waals surface area contributed by atoms with Crippen molar-refractivity contribution in [2.75, 3.05) is 33.4 Å². The molecule has 20 heavy (non-hydrogen) atoms. The van der Waals surface area contributed by atoms with Gasteiger partial charge >= 0.3 is 0 Å². The van der Waals surface area contributed by atoms with Crippen LogP contribution in [0.15, 0.2) is 24.3 Å². The molecule has 0 aliphatic heterocycles. The molecule has 0 heterocycles. The third-order valence-electron chi connectivity index (χ3n) is 2.81. The number of hydrogen-bond acceptors (Lipinski definition) is 4. The first-order chi connectivity index (χ1) is 9.34. The molecule has 5 heteroatoms. The van der Waals surface area contributed by atoms with Gasteiger partial charge in [0.05, 0.1) is 5.60 Å². The predicted molar refractivity (Wildman–Crippen MR) is 85.2 cm³/mol. The van der Waals surface area contributed by atoms with Gasteiger partial charge in [0.15, 0.2) is 0 Å². The van der Waals surface area contributed by atoms with Crippen LogP contribution in [0.2, 0.25) is 0 Å². The minimum Gasteiger partial charge on any atom is -0.387 e. The zero-order valence-corrected chi connectivity index (χ0v) is 13.5. The van der Waals surface area contributed by atoms with Gasteiger partial charge in [0, 0.05) is 24.4 Å². The molecule has 1 unspecified atom stereocenters. The summed E-state index contributed by atoms with van der Waals surface area (Å²) >= 11 is 1.75. The maximum Gasteiger partial charge on any atom is 0.251 e. The first kappa shape index (κ1) is 17.0. The molecule has 1 amide bonds. The third-order valence-corrected chi connectivity index (χ3v) is 3.44. The van der Waals surface area contributed by atoms with Gasteiger partial charge in [0.25, 0.3) is 5.91 Å². The quantitative estimate of drug-likeness (QED) is 0.802. The molecule has 0 aliphatic carbocycles. The van der Waals surface area contributed by atoms with E-state index in [0.29, 0.717) is 12.1 Å². The fourth-order valence-corrected chi connectivity index (χ4v) is 2.55. The molecule has 0 saturated carbocycles. The van der Waals surface area contributed by atoms with Crippen molar-refractivity contribution in [3.8, 4) is 0 Å². The number of aliphatic hydroxyl groups is 1. The Bertz CT molecular complexity index is 430. The SMILES string of the molecule is CSCc1ccc(C(=O)NCC(C)(O)CN(C)C)cc1. The van der Waals surface area contributed by atoms with E-state index in [1.165, 1.54) is 5.56 Å². The van der Waals surface area contributed by atoms with Crippen LogP contribution in [-0.2, 0) is 5.75 Å². The van der Waals surface area contributed by atoms with E-state index >= 15 is 0 Å². The van der Waals surface area contributed by atoms with Gasteiger partial charge < -0.3 is 15.3 Å². The van der Waals surface area contributed by atoms with E-state index in [1.54, 1.807) is 18.7 Å². The molecular weight excluding hydrogens is 272 g/mol. The van der Waals surface area contributed by atoms with Gasteiger partial charge in [-0.05, 0) is 45.0 Å². The first-order valence-corrected chi connectivity index (χ1v) is 7.96. The highest BCUT2D eigenvalue weighted by molar-refractivity contribution is 7.97. The number of nitrogens with one attached hydrogen (secondary N) is 1. The Hall–Kier alpha value is -1.04. The van der Waals surface area contributed by atoms with E-state index in [1.807, 2.05) is 49.5 Å². The minimum atomic E-state index is -0.933. The molecule has 0 radical (unpaired) electrons. The maximum absolute atomic E-state index is 12.0. The number of rotatable bonds is 7. The summed E-state index contributed by atoms with van der Waals surface area (Å²) in [6.45, 7) is 2.45. The number of thioether (sulfide) groups is 1. The highest BCUT2D eigenvalue weighted by atomic mass is 32.2. The lowest BCUT2D eigenvalue weighted by Crippen LogP contribution is -2.47. The van der Waals surface area contributed by atoms with Crippen molar-refractivity contribution in [1.29, 1.82) is 0 Å². The molecule has 0 spiro atoms. The monoisotopic (exact) mass is 296 g/mol. The molecule has 0 fully saturated rings. The summed E-state index contributed by atoms with van der Waals surface area (Å²) in [7, 11) is 3.78. The lowest BCUT2D eigenvalue weighted by atomic mass is 10.1. The van der Waals surface area contributed by atoms with Crippen LogP contribution in [0.25, 0.3) is 0 Å². The Morgan fingerprint density at radius 2 is 1.95 bits per heavy atom. The number of benzene rings is 1.